The van der Waals surface area contributed by atoms with E-state index in [9.17, 15) is 0 Å². The van der Waals surface area contributed by atoms with Crippen molar-refractivity contribution in [3.63, 3.8) is 0 Å². The van der Waals surface area contributed by atoms with Crippen LogP contribution < -0.4 is 10.1 Å². The van der Waals surface area contributed by atoms with Crippen LogP contribution >= 0.6 is 0 Å². The molecule has 1 aromatic carbocycles. The van der Waals surface area contributed by atoms with E-state index in [4.69, 9.17) is 4.74 Å². The molecule has 2 heterocycles. The molecule has 0 aliphatic carbocycles. The Morgan fingerprint density at radius 1 is 1.24 bits per heavy atom. The highest BCUT2D eigenvalue weighted by Gasteiger charge is 2.06. The van der Waals surface area contributed by atoms with E-state index in [2.05, 4.69) is 31.5 Å². The zero-order valence-electron chi connectivity index (χ0n) is 11.8. The fourth-order valence-corrected chi connectivity index (χ4v) is 2.23. The minimum absolute atomic E-state index is 0.673. The smallest absolute Gasteiger partial charge is 0.160 e. The summed E-state index contributed by atoms with van der Waals surface area (Å²) < 4.78 is 5.63. The van der Waals surface area contributed by atoms with Gasteiger partial charge in [-0.1, -0.05) is 18.2 Å². The van der Waals surface area contributed by atoms with Gasteiger partial charge in [0.1, 0.15) is 17.9 Å². The Balaban J connectivity index is 1.68. The molecule has 0 atom stereocenters. The van der Waals surface area contributed by atoms with Crippen molar-refractivity contribution >= 4 is 16.9 Å². The van der Waals surface area contributed by atoms with Crippen molar-refractivity contribution < 1.29 is 4.74 Å². The Labute approximate surface area is 122 Å². The number of benzene rings is 1. The van der Waals surface area contributed by atoms with Crippen LogP contribution in [0.15, 0.2) is 36.8 Å². The first-order valence-corrected chi connectivity index (χ1v) is 6.97. The van der Waals surface area contributed by atoms with Crippen molar-refractivity contribution in [3.05, 3.63) is 42.4 Å². The van der Waals surface area contributed by atoms with Gasteiger partial charge >= 0.3 is 0 Å². The van der Waals surface area contributed by atoms with Crippen LogP contribution in [-0.2, 0) is 6.42 Å². The first kappa shape index (κ1) is 13.4. The number of aromatic nitrogens is 4. The third-order valence-corrected chi connectivity index (χ3v) is 3.21. The molecule has 0 fully saturated rings. The number of ether oxygens (including phenoxy) is 1. The van der Waals surface area contributed by atoms with E-state index in [1.165, 1.54) is 11.9 Å². The van der Waals surface area contributed by atoms with E-state index in [0.29, 0.717) is 6.61 Å². The predicted octanol–water partition coefficient (Wildman–Crippen LogP) is 2.41. The zero-order chi connectivity index (χ0) is 14.5. The van der Waals surface area contributed by atoms with Gasteiger partial charge in [0.15, 0.2) is 5.65 Å². The Hall–Kier alpha value is -2.63. The number of fused-ring (bicyclic) bond motifs is 1. The third-order valence-electron chi connectivity index (χ3n) is 3.21. The number of nitrogens with zero attached hydrogens (tertiary/aromatic N) is 3. The van der Waals surface area contributed by atoms with Crippen molar-refractivity contribution in [2.75, 3.05) is 18.5 Å². The summed E-state index contributed by atoms with van der Waals surface area (Å²) in [7, 11) is 0. The van der Waals surface area contributed by atoms with Crippen LogP contribution in [0.5, 0.6) is 5.75 Å². The summed E-state index contributed by atoms with van der Waals surface area (Å²) in [6.07, 6.45) is 4.11. The van der Waals surface area contributed by atoms with Crippen LogP contribution in [-0.4, -0.2) is 33.3 Å². The second-order valence-corrected chi connectivity index (χ2v) is 4.57. The van der Waals surface area contributed by atoms with E-state index >= 15 is 0 Å². The minimum Gasteiger partial charge on any atom is -0.494 e. The van der Waals surface area contributed by atoms with Gasteiger partial charge in [0.25, 0.3) is 0 Å². The summed E-state index contributed by atoms with van der Waals surface area (Å²) in [5.41, 5.74) is 1.92. The van der Waals surface area contributed by atoms with Gasteiger partial charge < -0.3 is 10.1 Å². The number of rotatable bonds is 6. The summed E-state index contributed by atoms with van der Waals surface area (Å²) in [5, 5.41) is 11.0. The Kier molecular flexibility index (Phi) is 3.95. The van der Waals surface area contributed by atoms with Crippen LogP contribution in [0.4, 0.5) is 5.82 Å². The van der Waals surface area contributed by atoms with Crippen molar-refractivity contribution in [2.45, 2.75) is 13.3 Å². The standard InChI is InChI=1S/C15H17N5O/c1-2-21-13-6-4-3-5-11(13)7-8-16-14-12-9-19-20-15(12)18-10-17-14/h3-6,9-10H,2,7-8H2,1H3,(H2,16,17,18,19,20). The Bertz CT molecular complexity index is 725. The number of hydrogen-bond donors (Lipinski definition) is 2. The summed E-state index contributed by atoms with van der Waals surface area (Å²) in [4.78, 5) is 8.37. The lowest BCUT2D eigenvalue weighted by molar-refractivity contribution is 0.336. The number of anilines is 1. The largest absolute Gasteiger partial charge is 0.494 e. The molecule has 0 bridgehead atoms. The molecular formula is C15H17N5O. The van der Waals surface area contributed by atoms with Gasteiger partial charge in [-0.2, -0.15) is 5.10 Å². The quantitative estimate of drug-likeness (QED) is 0.726. The molecule has 0 radical (unpaired) electrons. The maximum Gasteiger partial charge on any atom is 0.160 e. The van der Waals surface area contributed by atoms with Gasteiger partial charge in [0.2, 0.25) is 0 Å². The van der Waals surface area contributed by atoms with Gasteiger partial charge in [-0.05, 0) is 25.0 Å². The fraction of sp³-hybridized carbons (Fsp3) is 0.267. The summed E-state index contributed by atoms with van der Waals surface area (Å²) >= 11 is 0. The SMILES string of the molecule is CCOc1ccccc1CCNc1ncnc2[nH]ncc12. The maximum atomic E-state index is 5.63. The van der Waals surface area contributed by atoms with E-state index in [0.717, 1.165) is 35.6 Å². The number of aromatic amines is 1. The van der Waals surface area contributed by atoms with Gasteiger partial charge in [0.05, 0.1) is 18.2 Å². The van der Waals surface area contributed by atoms with Crippen LogP contribution in [0.25, 0.3) is 11.0 Å². The molecule has 0 amide bonds. The molecule has 0 spiro atoms. The molecule has 0 saturated carbocycles. The third kappa shape index (κ3) is 2.94. The normalized spacial score (nSPS) is 10.7. The minimum atomic E-state index is 0.673. The monoisotopic (exact) mass is 283 g/mol. The summed E-state index contributed by atoms with van der Waals surface area (Å²) in [5.74, 6) is 1.74. The molecular weight excluding hydrogens is 266 g/mol. The summed E-state index contributed by atoms with van der Waals surface area (Å²) in [6.45, 7) is 3.43. The lowest BCUT2D eigenvalue weighted by Crippen LogP contribution is -2.08. The van der Waals surface area contributed by atoms with Crippen LogP contribution in [0, 0.1) is 0 Å². The van der Waals surface area contributed by atoms with Crippen molar-refractivity contribution in [1.29, 1.82) is 0 Å². The molecule has 21 heavy (non-hydrogen) atoms. The van der Waals surface area contributed by atoms with E-state index in [1.54, 1.807) is 6.20 Å². The highest BCUT2D eigenvalue weighted by molar-refractivity contribution is 5.85. The van der Waals surface area contributed by atoms with Crippen molar-refractivity contribution in [1.82, 2.24) is 20.2 Å². The molecule has 3 rings (SSSR count). The van der Waals surface area contributed by atoms with E-state index in [-0.39, 0.29) is 0 Å². The zero-order valence-corrected chi connectivity index (χ0v) is 11.8. The molecule has 3 aromatic rings. The van der Waals surface area contributed by atoms with Gasteiger partial charge in [-0.25, -0.2) is 9.97 Å². The summed E-state index contributed by atoms with van der Waals surface area (Å²) in [6, 6.07) is 8.09. The Morgan fingerprint density at radius 2 is 2.14 bits per heavy atom. The van der Waals surface area contributed by atoms with Crippen molar-refractivity contribution in [2.24, 2.45) is 0 Å². The first-order valence-electron chi connectivity index (χ1n) is 6.97. The average Bonchev–Trinajstić information content (AvgIpc) is 2.99. The topological polar surface area (TPSA) is 75.7 Å². The fourth-order valence-electron chi connectivity index (χ4n) is 2.23. The van der Waals surface area contributed by atoms with Crippen LogP contribution in [0.2, 0.25) is 0 Å². The molecule has 6 heteroatoms. The molecule has 0 saturated heterocycles. The van der Waals surface area contributed by atoms with Gasteiger partial charge in [-0.15, -0.1) is 0 Å². The molecule has 0 unspecified atom stereocenters. The lowest BCUT2D eigenvalue weighted by Gasteiger charge is -2.10. The molecule has 6 nitrogen and oxygen atoms in total. The lowest BCUT2D eigenvalue weighted by atomic mass is 10.1. The predicted molar refractivity (Wildman–Crippen MR) is 81.5 cm³/mol. The van der Waals surface area contributed by atoms with Gasteiger partial charge in [0, 0.05) is 6.54 Å². The van der Waals surface area contributed by atoms with E-state index < -0.39 is 0 Å². The molecule has 0 aliphatic heterocycles. The number of hydrogen-bond acceptors (Lipinski definition) is 5. The average molecular weight is 283 g/mol. The molecule has 2 aromatic heterocycles. The number of para-hydroxylation sites is 1. The number of nitrogens with one attached hydrogen (secondary N) is 2. The second kappa shape index (κ2) is 6.21. The molecule has 108 valence electrons. The van der Waals surface area contributed by atoms with Crippen LogP contribution in [0.1, 0.15) is 12.5 Å². The van der Waals surface area contributed by atoms with Gasteiger partial charge in [-0.3, -0.25) is 5.10 Å². The Morgan fingerprint density at radius 3 is 3.05 bits per heavy atom. The highest BCUT2D eigenvalue weighted by Crippen LogP contribution is 2.19. The maximum absolute atomic E-state index is 5.63. The van der Waals surface area contributed by atoms with Crippen LogP contribution in [0.3, 0.4) is 0 Å². The van der Waals surface area contributed by atoms with Crippen molar-refractivity contribution in [3.8, 4) is 5.75 Å². The first-order chi connectivity index (χ1) is 10.4. The van der Waals surface area contributed by atoms with E-state index in [1.807, 2.05) is 25.1 Å². The highest BCUT2D eigenvalue weighted by atomic mass is 16.5. The molecule has 2 N–H and O–H groups in total. The molecule has 0 aliphatic rings. The number of H-pyrrole nitrogens is 1. The second-order valence-electron chi connectivity index (χ2n) is 4.57.